The molecule has 0 aliphatic carbocycles. The first kappa shape index (κ1) is 11.4. The van der Waals surface area contributed by atoms with Gasteiger partial charge in [-0.05, 0) is 12.8 Å². The van der Waals surface area contributed by atoms with Gasteiger partial charge < -0.3 is 0 Å². The van der Waals surface area contributed by atoms with Crippen molar-refractivity contribution in [2.75, 3.05) is 0 Å². The maximum atomic E-state index is 4.51. The van der Waals surface area contributed by atoms with Crippen molar-refractivity contribution in [2.24, 2.45) is 10.9 Å². The summed E-state index contributed by atoms with van der Waals surface area (Å²) >= 11 is 0. The van der Waals surface area contributed by atoms with Crippen LogP contribution >= 0.6 is 0 Å². The smallest absolute Gasteiger partial charge is 0.0493 e. The van der Waals surface area contributed by atoms with E-state index < -0.39 is 0 Å². The Morgan fingerprint density at radius 2 is 2.08 bits per heavy atom. The standard InChI is InChI=1S/C11H21N/c1-5-8-11(7-3)12-9-10(4)6-2/h6,9-11H,2,5,7-8H2,1,3-4H3/t10-,11?/m0/s1. The minimum Gasteiger partial charge on any atom is -0.294 e. The van der Waals surface area contributed by atoms with Gasteiger partial charge in [0.15, 0.2) is 0 Å². The molecule has 0 bridgehead atoms. The van der Waals surface area contributed by atoms with Crippen molar-refractivity contribution in [3.8, 4) is 0 Å². The normalized spacial score (nSPS) is 16.2. The average Bonchev–Trinajstić information content (AvgIpc) is 2.11. The maximum Gasteiger partial charge on any atom is 0.0493 e. The third kappa shape index (κ3) is 5.11. The number of allylic oxidation sites excluding steroid dienone is 1. The summed E-state index contributed by atoms with van der Waals surface area (Å²) in [7, 11) is 0. The van der Waals surface area contributed by atoms with Crippen molar-refractivity contribution in [3.63, 3.8) is 0 Å². The molecule has 70 valence electrons. The molecule has 0 aromatic heterocycles. The van der Waals surface area contributed by atoms with Crippen LogP contribution in [0.15, 0.2) is 17.6 Å². The molecular formula is C11H21N. The quantitative estimate of drug-likeness (QED) is 0.424. The average molecular weight is 167 g/mol. The Morgan fingerprint density at radius 3 is 2.50 bits per heavy atom. The highest BCUT2D eigenvalue weighted by Crippen LogP contribution is 2.06. The number of hydrogen-bond donors (Lipinski definition) is 0. The van der Waals surface area contributed by atoms with Crippen LogP contribution in [0.1, 0.15) is 40.0 Å². The third-order valence-corrected chi connectivity index (χ3v) is 2.00. The molecule has 0 amide bonds. The summed E-state index contributed by atoms with van der Waals surface area (Å²) in [5.74, 6) is 0.413. The molecule has 0 heterocycles. The summed E-state index contributed by atoms with van der Waals surface area (Å²) < 4.78 is 0. The predicted molar refractivity (Wildman–Crippen MR) is 56.8 cm³/mol. The molecule has 0 saturated heterocycles. The van der Waals surface area contributed by atoms with Crippen LogP contribution in [0.2, 0.25) is 0 Å². The van der Waals surface area contributed by atoms with Gasteiger partial charge in [-0.2, -0.15) is 0 Å². The van der Waals surface area contributed by atoms with Gasteiger partial charge in [0.1, 0.15) is 0 Å². The van der Waals surface area contributed by atoms with Gasteiger partial charge in [-0.1, -0.05) is 33.3 Å². The molecule has 0 aliphatic rings. The molecule has 12 heavy (non-hydrogen) atoms. The van der Waals surface area contributed by atoms with Crippen molar-refractivity contribution in [1.29, 1.82) is 0 Å². The van der Waals surface area contributed by atoms with Crippen LogP contribution in [0.25, 0.3) is 0 Å². The van der Waals surface area contributed by atoms with Crippen LogP contribution in [0.4, 0.5) is 0 Å². The van der Waals surface area contributed by atoms with E-state index in [4.69, 9.17) is 0 Å². The molecule has 1 heteroatoms. The van der Waals surface area contributed by atoms with Crippen molar-refractivity contribution in [1.82, 2.24) is 0 Å². The van der Waals surface area contributed by atoms with Crippen LogP contribution in [0, 0.1) is 5.92 Å². The molecular weight excluding hydrogens is 146 g/mol. The first-order valence-corrected chi connectivity index (χ1v) is 4.90. The lowest BCUT2D eigenvalue weighted by atomic mass is 10.1. The van der Waals surface area contributed by atoms with E-state index >= 15 is 0 Å². The molecule has 0 aromatic rings. The summed E-state index contributed by atoms with van der Waals surface area (Å²) in [6.45, 7) is 10.2. The SMILES string of the molecule is C=C[C@H](C)C=NC(CC)CCC. The minimum absolute atomic E-state index is 0.413. The molecule has 1 nitrogen and oxygen atoms in total. The van der Waals surface area contributed by atoms with Gasteiger partial charge >= 0.3 is 0 Å². The summed E-state index contributed by atoms with van der Waals surface area (Å²) in [6, 6.07) is 0.525. The topological polar surface area (TPSA) is 12.4 Å². The largest absolute Gasteiger partial charge is 0.294 e. The van der Waals surface area contributed by atoms with Crippen LogP contribution in [0.3, 0.4) is 0 Å². The predicted octanol–water partition coefficient (Wildman–Crippen LogP) is 3.46. The van der Waals surface area contributed by atoms with E-state index in [0.29, 0.717) is 12.0 Å². The number of rotatable bonds is 6. The second-order valence-electron chi connectivity index (χ2n) is 3.24. The Hall–Kier alpha value is -0.590. The van der Waals surface area contributed by atoms with Crippen LogP contribution in [-0.2, 0) is 0 Å². The number of hydrogen-bond acceptors (Lipinski definition) is 1. The fourth-order valence-corrected chi connectivity index (χ4v) is 1.04. The fourth-order valence-electron chi connectivity index (χ4n) is 1.04. The van der Waals surface area contributed by atoms with E-state index in [-0.39, 0.29) is 0 Å². The highest BCUT2D eigenvalue weighted by atomic mass is 14.8. The highest BCUT2D eigenvalue weighted by Gasteiger charge is 2.00. The second-order valence-corrected chi connectivity index (χ2v) is 3.24. The molecule has 1 unspecified atom stereocenters. The number of nitrogens with zero attached hydrogens (tertiary/aromatic N) is 1. The Labute approximate surface area is 76.6 Å². The summed E-state index contributed by atoms with van der Waals surface area (Å²) in [4.78, 5) is 4.51. The van der Waals surface area contributed by atoms with Gasteiger partial charge in [-0.15, -0.1) is 6.58 Å². The van der Waals surface area contributed by atoms with Gasteiger partial charge in [0.25, 0.3) is 0 Å². The minimum atomic E-state index is 0.413. The first-order valence-electron chi connectivity index (χ1n) is 4.90. The monoisotopic (exact) mass is 167 g/mol. The zero-order valence-corrected chi connectivity index (χ0v) is 8.59. The Balaban J connectivity index is 3.82. The first-order chi connectivity index (χ1) is 5.74. The third-order valence-electron chi connectivity index (χ3n) is 2.00. The zero-order chi connectivity index (χ0) is 9.40. The molecule has 2 atom stereocenters. The van der Waals surface area contributed by atoms with E-state index in [1.807, 2.05) is 12.3 Å². The molecule has 0 spiro atoms. The zero-order valence-electron chi connectivity index (χ0n) is 8.59. The van der Waals surface area contributed by atoms with Gasteiger partial charge in [-0.3, -0.25) is 4.99 Å². The van der Waals surface area contributed by atoms with E-state index in [9.17, 15) is 0 Å². The summed E-state index contributed by atoms with van der Waals surface area (Å²) in [5.41, 5.74) is 0. The van der Waals surface area contributed by atoms with Gasteiger partial charge in [0.2, 0.25) is 0 Å². The number of aliphatic imine (C=N–C) groups is 1. The van der Waals surface area contributed by atoms with Crippen LogP contribution in [0.5, 0.6) is 0 Å². The molecule has 0 radical (unpaired) electrons. The lowest BCUT2D eigenvalue weighted by molar-refractivity contribution is 0.589. The molecule has 0 aliphatic heterocycles. The van der Waals surface area contributed by atoms with Crippen molar-refractivity contribution < 1.29 is 0 Å². The highest BCUT2D eigenvalue weighted by molar-refractivity contribution is 5.62. The van der Waals surface area contributed by atoms with E-state index in [1.54, 1.807) is 0 Å². The molecule has 0 N–H and O–H groups in total. The van der Waals surface area contributed by atoms with Crippen molar-refractivity contribution >= 4 is 6.21 Å². The van der Waals surface area contributed by atoms with Gasteiger partial charge in [-0.25, -0.2) is 0 Å². The van der Waals surface area contributed by atoms with E-state index in [2.05, 4.69) is 32.3 Å². The van der Waals surface area contributed by atoms with E-state index in [0.717, 1.165) is 6.42 Å². The van der Waals surface area contributed by atoms with Crippen LogP contribution < -0.4 is 0 Å². The Kier molecular flexibility index (Phi) is 6.73. The Bertz CT molecular complexity index is 138. The lowest BCUT2D eigenvalue weighted by Crippen LogP contribution is -2.03. The maximum absolute atomic E-state index is 4.51. The lowest BCUT2D eigenvalue weighted by Gasteiger charge is -2.07. The molecule has 0 saturated carbocycles. The van der Waals surface area contributed by atoms with Gasteiger partial charge in [0, 0.05) is 18.2 Å². The summed E-state index contributed by atoms with van der Waals surface area (Å²) in [5, 5.41) is 0. The van der Waals surface area contributed by atoms with Gasteiger partial charge in [0.05, 0.1) is 0 Å². The van der Waals surface area contributed by atoms with E-state index in [1.165, 1.54) is 12.8 Å². The van der Waals surface area contributed by atoms with Crippen LogP contribution in [-0.4, -0.2) is 12.3 Å². The molecule has 0 fully saturated rings. The summed E-state index contributed by atoms with van der Waals surface area (Å²) in [6.07, 6.45) is 7.50. The fraction of sp³-hybridized carbons (Fsp3) is 0.727. The van der Waals surface area contributed by atoms with Crippen molar-refractivity contribution in [2.45, 2.75) is 46.1 Å². The molecule has 0 aromatic carbocycles. The van der Waals surface area contributed by atoms with Crippen molar-refractivity contribution in [3.05, 3.63) is 12.7 Å². The Morgan fingerprint density at radius 1 is 1.42 bits per heavy atom. The molecule has 0 rings (SSSR count). The second kappa shape index (κ2) is 7.08.